The van der Waals surface area contributed by atoms with Crippen LogP contribution in [-0.4, -0.2) is 22.5 Å². The van der Waals surface area contributed by atoms with Gasteiger partial charge in [-0.3, -0.25) is 14.5 Å². The Bertz CT molecular complexity index is 704. The minimum absolute atomic E-state index is 0.0439. The zero-order valence-corrected chi connectivity index (χ0v) is 21.3. The van der Waals surface area contributed by atoms with Gasteiger partial charge in [-0.2, -0.15) is 0 Å². The topological polar surface area (TPSA) is 37.4 Å². The lowest BCUT2D eigenvalue weighted by atomic mass is 10.1. The second-order valence-corrected chi connectivity index (χ2v) is 10.2. The van der Waals surface area contributed by atoms with Crippen molar-refractivity contribution < 1.29 is 9.59 Å². The summed E-state index contributed by atoms with van der Waals surface area (Å²) >= 11 is 7.48. The Balaban J connectivity index is 1.52. The first-order chi connectivity index (χ1) is 15.6. The lowest BCUT2D eigenvalue weighted by molar-refractivity contribution is -0.143. The summed E-state index contributed by atoms with van der Waals surface area (Å²) in [5.41, 5.74) is 0.961. The molecular weight excluding hydrogens is 438 g/mol. The second kappa shape index (κ2) is 16.4. The number of nitrogens with zero attached hydrogens (tertiary/aromatic N) is 1. The van der Waals surface area contributed by atoms with Crippen LogP contribution in [0.25, 0.3) is 0 Å². The van der Waals surface area contributed by atoms with E-state index >= 15 is 0 Å². The fourth-order valence-corrected chi connectivity index (χ4v) is 5.33. The quantitative estimate of drug-likeness (QED) is 0.177. The lowest BCUT2D eigenvalue weighted by Crippen LogP contribution is -2.34. The maximum absolute atomic E-state index is 12.7. The molecule has 1 saturated heterocycles. The van der Waals surface area contributed by atoms with Gasteiger partial charge in [0.2, 0.25) is 11.8 Å². The van der Waals surface area contributed by atoms with Crippen LogP contribution in [0.5, 0.6) is 0 Å². The summed E-state index contributed by atoms with van der Waals surface area (Å²) in [6, 6.07) is 7.43. The van der Waals surface area contributed by atoms with Crippen molar-refractivity contribution in [3.8, 4) is 0 Å². The molecule has 32 heavy (non-hydrogen) atoms. The Morgan fingerprint density at radius 1 is 0.938 bits per heavy atom. The monoisotopic (exact) mass is 477 g/mol. The number of allylic oxidation sites excluding steroid dienone is 2. The van der Waals surface area contributed by atoms with E-state index in [9.17, 15) is 9.59 Å². The van der Waals surface area contributed by atoms with Crippen LogP contribution in [-0.2, 0) is 9.59 Å². The molecule has 5 heteroatoms. The van der Waals surface area contributed by atoms with Gasteiger partial charge in [-0.1, -0.05) is 94.2 Å². The van der Waals surface area contributed by atoms with E-state index in [1.54, 1.807) is 0 Å². The van der Waals surface area contributed by atoms with E-state index in [1.807, 2.05) is 24.3 Å². The molecule has 0 bridgehead atoms. The number of hydrogen-bond acceptors (Lipinski definition) is 3. The van der Waals surface area contributed by atoms with Crippen molar-refractivity contribution in [2.45, 2.75) is 102 Å². The predicted octanol–water partition coefficient (Wildman–Crippen LogP) is 8.48. The van der Waals surface area contributed by atoms with Crippen LogP contribution in [0.1, 0.15) is 108 Å². The van der Waals surface area contributed by atoms with Gasteiger partial charge in [-0.05, 0) is 49.8 Å². The minimum Gasteiger partial charge on any atom is -0.274 e. The van der Waals surface area contributed by atoms with Crippen molar-refractivity contribution in [3.63, 3.8) is 0 Å². The molecule has 2 rings (SSSR count). The second-order valence-electron chi connectivity index (χ2n) is 8.71. The van der Waals surface area contributed by atoms with Gasteiger partial charge in [0.15, 0.2) is 0 Å². The van der Waals surface area contributed by atoms with Crippen molar-refractivity contribution in [1.82, 2.24) is 4.90 Å². The zero-order valence-electron chi connectivity index (χ0n) is 19.7. The molecule has 1 heterocycles. The zero-order chi connectivity index (χ0) is 23.0. The maximum Gasteiger partial charge on any atom is 0.240 e. The van der Waals surface area contributed by atoms with Crippen molar-refractivity contribution >= 4 is 35.2 Å². The van der Waals surface area contributed by atoms with Crippen LogP contribution in [0, 0.1) is 0 Å². The SMILES string of the molecule is CCCCCCCC/C=C\CCCCCCCC(=O)N1C(=O)CSC1c1ccc(Cl)cc1. The molecule has 0 N–H and O–H groups in total. The van der Waals surface area contributed by atoms with Gasteiger partial charge >= 0.3 is 0 Å². The van der Waals surface area contributed by atoms with E-state index in [-0.39, 0.29) is 17.2 Å². The van der Waals surface area contributed by atoms with Crippen LogP contribution in [0.4, 0.5) is 0 Å². The number of unbranched alkanes of at least 4 members (excludes halogenated alkanes) is 11. The van der Waals surface area contributed by atoms with E-state index in [4.69, 9.17) is 11.6 Å². The first-order valence-electron chi connectivity index (χ1n) is 12.5. The highest BCUT2D eigenvalue weighted by Crippen LogP contribution is 2.39. The smallest absolute Gasteiger partial charge is 0.240 e. The van der Waals surface area contributed by atoms with Crippen molar-refractivity contribution in [3.05, 3.63) is 47.0 Å². The number of carbonyl (C=O) groups is 2. The molecule has 1 aromatic carbocycles. The highest BCUT2D eigenvalue weighted by atomic mass is 35.5. The van der Waals surface area contributed by atoms with Gasteiger partial charge in [0.05, 0.1) is 5.75 Å². The minimum atomic E-state index is -0.213. The predicted molar refractivity (Wildman–Crippen MR) is 138 cm³/mol. The number of benzene rings is 1. The highest BCUT2D eigenvalue weighted by molar-refractivity contribution is 8.00. The highest BCUT2D eigenvalue weighted by Gasteiger charge is 2.36. The Morgan fingerprint density at radius 3 is 2.12 bits per heavy atom. The Hall–Kier alpha value is -1.26. The summed E-state index contributed by atoms with van der Waals surface area (Å²) in [6.07, 6.45) is 21.2. The van der Waals surface area contributed by atoms with Gasteiger partial charge < -0.3 is 0 Å². The van der Waals surface area contributed by atoms with Gasteiger partial charge in [0.1, 0.15) is 5.37 Å². The van der Waals surface area contributed by atoms with Gasteiger partial charge in [-0.25, -0.2) is 0 Å². The molecule has 0 aromatic heterocycles. The summed E-state index contributed by atoms with van der Waals surface area (Å²) in [4.78, 5) is 26.4. The summed E-state index contributed by atoms with van der Waals surface area (Å²) in [6.45, 7) is 2.26. The molecule has 2 amide bonds. The van der Waals surface area contributed by atoms with Crippen LogP contribution in [0.15, 0.2) is 36.4 Å². The van der Waals surface area contributed by atoms with E-state index in [2.05, 4.69) is 19.1 Å². The molecule has 1 fully saturated rings. The normalized spacial score (nSPS) is 16.4. The molecule has 3 nitrogen and oxygen atoms in total. The molecular formula is C27H40ClNO2S. The van der Waals surface area contributed by atoms with E-state index in [0.717, 1.165) is 31.2 Å². The van der Waals surface area contributed by atoms with Crippen LogP contribution in [0.3, 0.4) is 0 Å². The van der Waals surface area contributed by atoms with Gasteiger partial charge in [-0.15, -0.1) is 11.8 Å². The Labute approximate surface area is 204 Å². The lowest BCUT2D eigenvalue weighted by Gasteiger charge is -2.22. The largest absolute Gasteiger partial charge is 0.274 e. The third kappa shape index (κ3) is 10.1. The summed E-state index contributed by atoms with van der Waals surface area (Å²) in [5, 5.41) is 0.449. The molecule has 0 aliphatic carbocycles. The number of imide groups is 1. The first-order valence-corrected chi connectivity index (χ1v) is 13.9. The molecule has 0 spiro atoms. The Morgan fingerprint density at radius 2 is 1.50 bits per heavy atom. The Kier molecular flexibility index (Phi) is 13.8. The van der Waals surface area contributed by atoms with Crippen molar-refractivity contribution in [1.29, 1.82) is 0 Å². The van der Waals surface area contributed by atoms with Crippen LogP contribution in [0.2, 0.25) is 5.02 Å². The molecule has 1 atom stereocenters. The number of rotatable bonds is 16. The summed E-state index contributed by atoms with van der Waals surface area (Å²) in [5.74, 6) is 0.246. The average Bonchev–Trinajstić information content (AvgIpc) is 3.18. The van der Waals surface area contributed by atoms with Crippen LogP contribution < -0.4 is 0 Å². The molecule has 1 unspecified atom stereocenters. The number of hydrogen-bond donors (Lipinski definition) is 0. The van der Waals surface area contributed by atoms with E-state index in [0.29, 0.717) is 17.2 Å². The standard InChI is InChI=1S/C27H40ClNO2S/c1-2-3-4-5-6-7-8-9-10-11-12-13-14-15-16-17-25(30)29-26(31)22-32-27(29)23-18-20-24(28)21-19-23/h9-10,18-21,27H,2-8,11-17,22H2,1H3/b10-9-. The number of carbonyl (C=O) groups excluding carboxylic acids is 2. The van der Waals surface area contributed by atoms with Crippen molar-refractivity contribution in [2.24, 2.45) is 0 Å². The molecule has 0 radical (unpaired) electrons. The number of thioether (sulfide) groups is 1. The average molecular weight is 478 g/mol. The number of amides is 2. The third-order valence-corrected chi connectivity index (χ3v) is 7.41. The molecule has 178 valence electrons. The van der Waals surface area contributed by atoms with Gasteiger partial charge in [0, 0.05) is 11.4 Å². The fourth-order valence-electron chi connectivity index (χ4n) is 4.04. The first kappa shape index (κ1) is 27.0. The van der Waals surface area contributed by atoms with Gasteiger partial charge in [0.25, 0.3) is 0 Å². The van der Waals surface area contributed by atoms with Crippen LogP contribution >= 0.6 is 23.4 Å². The molecule has 1 aliphatic heterocycles. The van der Waals surface area contributed by atoms with E-state index in [1.165, 1.54) is 74.4 Å². The fraction of sp³-hybridized carbons (Fsp3) is 0.630. The third-order valence-electron chi connectivity index (χ3n) is 5.94. The molecule has 1 aliphatic rings. The summed E-state index contributed by atoms with van der Waals surface area (Å²) in [7, 11) is 0. The van der Waals surface area contributed by atoms with E-state index < -0.39 is 0 Å². The maximum atomic E-state index is 12.7. The molecule has 1 aromatic rings. The molecule has 0 saturated carbocycles. The van der Waals surface area contributed by atoms with Crippen molar-refractivity contribution in [2.75, 3.05) is 5.75 Å². The summed E-state index contributed by atoms with van der Waals surface area (Å²) < 4.78 is 0. The number of halogens is 1.